The molecule has 0 spiro atoms. The topological polar surface area (TPSA) is 0 Å². The largest absolute Gasteiger partial charge is 0.338 e. The maximum absolute atomic E-state index is 2.81. The molecule has 0 atom stereocenters. The third-order valence-electron chi connectivity index (χ3n) is 0.442. The molecule has 0 aromatic heterocycles. The molecule has 0 aliphatic heterocycles. The summed E-state index contributed by atoms with van der Waals surface area (Å²) in [5.41, 5.74) is 2.81. The molecule has 0 radical (unpaired) electrons. The molecule has 1 aliphatic carbocycles. The maximum Gasteiger partial charge on any atom is -0.159 e. The Morgan fingerprint density at radius 1 is 1.60 bits per heavy atom. The zero-order valence-corrected chi connectivity index (χ0v) is 2.73. The summed E-state index contributed by atoms with van der Waals surface area (Å²) in [6, 6.07) is 0. The quantitative estimate of drug-likeness (QED) is 0.291. The van der Waals surface area contributed by atoms with Gasteiger partial charge in [0.2, 0.25) is 0 Å². The van der Waals surface area contributed by atoms with Crippen molar-refractivity contribution in [3.63, 3.8) is 0 Å². The van der Waals surface area contributed by atoms with Crippen molar-refractivity contribution in [2.45, 2.75) is 0 Å². The molecule has 0 heterocycles. The molecule has 0 aromatic rings. The summed E-state index contributed by atoms with van der Waals surface area (Å²) >= 11 is 0. The van der Waals surface area contributed by atoms with Gasteiger partial charge in [0, 0.05) is 0 Å². The normalized spacial score (nSPS) is 14.4. The van der Waals surface area contributed by atoms with Crippen molar-refractivity contribution >= 4 is 0 Å². The zero-order valence-electron chi connectivity index (χ0n) is 2.73. The first kappa shape index (κ1) is 2.49. The van der Waals surface area contributed by atoms with Crippen molar-refractivity contribution in [2.75, 3.05) is 0 Å². The minimum atomic E-state index is 1.75. The molecule has 0 unspecified atom stereocenters. The summed E-state index contributed by atoms with van der Waals surface area (Å²) in [6.07, 6.45) is 8.19. The molecule has 1 aliphatic rings. The van der Waals surface area contributed by atoms with Gasteiger partial charge in [0.05, 0.1) is 0 Å². The lowest BCUT2D eigenvalue weighted by molar-refractivity contribution is 1.99. The molecular weight excluding hydrogens is 60.1 g/mol. The lowest BCUT2D eigenvalue weighted by Crippen LogP contribution is -1.28. The summed E-state index contributed by atoms with van der Waals surface area (Å²) in [7, 11) is 0. The highest BCUT2D eigenvalue weighted by atomic mass is 13.7. The van der Waals surface area contributed by atoms with E-state index in [1.807, 2.05) is 12.2 Å². The van der Waals surface area contributed by atoms with Crippen LogP contribution in [0, 0.1) is 6.08 Å². The van der Waals surface area contributed by atoms with Crippen LogP contribution >= 0.6 is 0 Å². The van der Waals surface area contributed by atoms with Crippen molar-refractivity contribution in [1.29, 1.82) is 0 Å². The average Bonchev–Trinajstić information content (AvgIpc) is 1.76. The van der Waals surface area contributed by atoms with E-state index in [2.05, 4.69) is 11.8 Å². The van der Waals surface area contributed by atoms with Crippen LogP contribution in [0.25, 0.3) is 0 Å². The van der Waals surface area contributed by atoms with Crippen molar-refractivity contribution in [3.8, 4) is 0 Å². The lowest BCUT2D eigenvalue weighted by Gasteiger charge is -1.59. The van der Waals surface area contributed by atoms with Gasteiger partial charge >= 0.3 is 0 Å². The first-order chi connectivity index (χ1) is 2.50. The summed E-state index contributed by atoms with van der Waals surface area (Å²) in [5, 5.41) is 0. The van der Waals surface area contributed by atoms with Crippen LogP contribution in [-0.2, 0) is 0 Å². The van der Waals surface area contributed by atoms with Crippen LogP contribution in [0.5, 0.6) is 0 Å². The molecule has 0 saturated heterocycles. The van der Waals surface area contributed by atoms with Crippen LogP contribution in [-0.4, -0.2) is 0 Å². The molecule has 0 N–H and O–H groups in total. The summed E-state index contributed by atoms with van der Waals surface area (Å²) < 4.78 is 0. The predicted molar refractivity (Wildman–Crippen MR) is 20.5 cm³/mol. The smallest absolute Gasteiger partial charge is 0.159 e. The van der Waals surface area contributed by atoms with Crippen LogP contribution in [0.4, 0.5) is 0 Å². The van der Waals surface area contributed by atoms with Gasteiger partial charge in [0.25, 0.3) is 0 Å². The second-order valence-electron chi connectivity index (χ2n) is 0.811. The van der Waals surface area contributed by atoms with E-state index in [-0.39, 0.29) is 0 Å². The fraction of sp³-hybridized carbons (Fsp3) is 0. The first-order valence-corrected chi connectivity index (χ1v) is 1.49. The number of hydrogen-bond acceptors (Lipinski definition) is 0. The minimum Gasteiger partial charge on any atom is -0.338 e. The van der Waals surface area contributed by atoms with Crippen LogP contribution in [0.15, 0.2) is 24.0 Å². The summed E-state index contributed by atoms with van der Waals surface area (Å²) in [4.78, 5) is 0. The Balaban J connectivity index is 2.98. The summed E-state index contributed by atoms with van der Waals surface area (Å²) in [5.74, 6) is 0. The van der Waals surface area contributed by atoms with Crippen molar-refractivity contribution in [2.24, 2.45) is 0 Å². The monoisotopic (exact) mass is 63.0 g/mol. The molecule has 0 nitrogen and oxygen atoms in total. The maximum atomic E-state index is 2.81. The van der Waals surface area contributed by atoms with Gasteiger partial charge in [-0.15, -0.1) is 0 Å². The van der Waals surface area contributed by atoms with Gasteiger partial charge in [-0.3, -0.25) is 0 Å². The van der Waals surface area contributed by atoms with Gasteiger partial charge in [0.15, 0.2) is 0 Å². The van der Waals surface area contributed by atoms with E-state index in [1.165, 1.54) is 0 Å². The van der Waals surface area contributed by atoms with Crippen LogP contribution in [0.2, 0.25) is 0 Å². The minimum absolute atomic E-state index is 1.75. The molecule has 0 heteroatoms. The Morgan fingerprint density at radius 2 is 2.60 bits per heavy atom. The Morgan fingerprint density at radius 3 is 2.80 bits per heavy atom. The summed E-state index contributed by atoms with van der Waals surface area (Å²) in [6.45, 7) is 0. The number of hydrogen-bond donors (Lipinski definition) is 0. The molecular formula is C5H3-. The molecule has 0 fully saturated rings. The van der Waals surface area contributed by atoms with Gasteiger partial charge in [-0.05, 0) is 0 Å². The molecule has 5 heavy (non-hydrogen) atoms. The second-order valence-corrected chi connectivity index (χ2v) is 0.811. The molecule has 0 aromatic carbocycles. The van der Waals surface area contributed by atoms with Crippen molar-refractivity contribution in [3.05, 3.63) is 30.0 Å². The fourth-order valence-corrected chi connectivity index (χ4v) is 0.241. The van der Waals surface area contributed by atoms with E-state index in [0.29, 0.717) is 0 Å². The third kappa shape index (κ3) is 0.285. The van der Waals surface area contributed by atoms with Gasteiger partial charge in [0.1, 0.15) is 0 Å². The van der Waals surface area contributed by atoms with E-state index >= 15 is 0 Å². The average molecular weight is 63.1 g/mol. The molecule has 24 valence electrons. The predicted octanol–water partition coefficient (Wildman–Crippen LogP) is 1.07. The Kier molecular flexibility index (Phi) is 0.458. The molecule has 0 amide bonds. The van der Waals surface area contributed by atoms with Gasteiger partial charge in [-0.25, -0.2) is 0 Å². The molecule has 0 saturated carbocycles. The number of allylic oxidation sites excluding steroid dienone is 3. The van der Waals surface area contributed by atoms with Gasteiger partial charge in [-0.1, -0.05) is 0 Å². The van der Waals surface area contributed by atoms with E-state index in [4.69, 9.17) is 0 Å². The molecule has 0 bridgehead atoms. The van der Waals surface area contributed by atoms with Crippen LogP contribution < -0.4 is 0 Å². The van der Waals surface area contributed by atoms with E-state index in [0.717, 1.165) is 0 Å². The highest BCUT2D eigenvalue weighted by molar-refractivity contribution is 5.12. The van der Waals surface area contributed by atoms with E-state index < -0.39 is 0 Å². The van der Waals surface area contributed by atoms with Gasteiger partial charge in [-0.2, -0.15) is 24.3 Å². The lowest BCUT2D eigenvalue weighted by atomic mass is 10.6. The Hall–Kier alpha value is -0.740. The van der Waals surface area contributed by atoms with Gasteiger partial charge < -0.3 is 5.73 Å². The van der Waals surface area contributed by atoms with E-state index in [9.17, 15) is 0 Å². The third-order valence-corrected chi connectivity index (χ3v) is 0.442. The Labute approximate surface area is 31.1 Å². The van der Waals surface area contributed by atoms with E-state index in [1.54, 1.807) is 6.08 Å². The first-order valence-electron chi connectivity index (χ1n) is 1.49. The fourth-order valence-electron chi connectivity index (χ4n) is 0.241. The highest BCUT2D eigenvalue weighted by Gasteiger charge is 1.46. The highest BCUT2D eigenvalue weighted by Crippen LogP contribution is 1.80. The molecule has 1 rings (SSSR count). The van der Waals surface area contributed by atoms with Crippen molar-refractivity contribution < 1.29 is 0 Å². The number of rotatable bonds is 0. The van der Waals surface area contributed by atoms with Crippen LogP contribution in [0.1, 0.15) is 0 Å². The van der Waals surface area contributed by atoms with Crippen molar-refractivity contribution in [1.82, 2.24) is 0 Å². The Bertz CT molecular complexity index is 91.2. The second kappa shape index (κ2) is 0.918. The van der Waals surface area contributed by atoms with Crippen LogP contribution in [0.3, 0.4) is 0 Å². The SMILES string of the molecule is C1=C[C-]=CC=1. The standard InChI is InChI=1S/C5H3/c1-2-4-5-3-1/h1-2,5H/q-1. The zero-order chi connectivity index (χ0) is 3.54.